The molecule has 0 bridgehead atoms. The molecule has 0 heterocycles. The normalized spacial score (nSPS) is 18.6. The van der Waals surface area contributed by atoms with E-state index in [1.165, 1.54) is 12.1 Å². The summed E-state index contributed by atoms with van der Waals surface area (Å²) in [5.74, 6) is -0.120. The van der Waals surface area contributed by atoms with Crippen molar-refractivity contribution in [3.8, 4) is 5.75 Å². The molecule has 2 nitrogen and oxygen atoms in total. The predicted octanol–water partition coefficient (Wildman–Crippen LogP) is 2.97. The van der Waals surface area contributed by atoms with Gasteiger partial charge in [-0.3, -0.25) is 0 Å². The Hall–Kier alpha value is -1.23. The highest BCUT2D eigenvalue weighted by Crippen LogP contribution is 2.46. The summed E-state index contributed by atoms with van der Waals surface area (Å²) in [7, 11) is 0. The quantitative estimate of drug-likeness (QED) is 0.888. The molecule has 1 aliphatic rings. The van der Waals surface area contributed by atoms with Crippen molar-refractivity contribution in [2.75, 3.05) is 6.54 Å². The summed E-state index contributed by atoms with van der Waals surface area (Å²) in [4.78, 5) is 0. The second-order valence-corrected chi connectivity index (χ2v) is 4.38. The summed E-state index contributed by atoms with van der Waals surface area (Å²) in [6, 6.07) is 6.27. The number of hydrogen-bond acceptors (Lipinski definition) is 2. The summed E-state index contributed by atoms with van der Waals surface area (Å²) >= 11 is 0. The second-order valence-electron chi connectivity index (χ2n) is 4.38. The van der Waals surface area contributed by atoms with E-state index in [9.17, 15) is 13.2 Å². The van der Waals surface area contributed by atoms with Crippen LogP contribution in [0.25, 0.3) is 0 Å². The summed E-state index contributed by atoms with van der Waals surface area (Å²) in [5, 5.41) is 0. The Labute approximate surface area is 97.6 Å². The van der Waals surface area contributed by atoms with Crippen molar-refractivity contribution < 1.29 is 17.9 Å². The highest BCUT2D eigenvalue weighted by molar-refractivity contribution is 5.41. The third kappa shape index (κ3) is 2.39. The number of nitrogens with two attached hydrogens (primary N) is 1. The van der Waals surface area contributed by atoms with Crippen molar-refractivity contribution in [3.05, 3.63) is 29.8 Å². The number of ether oxygens (including phenoxy) is 1. The van der Waals surface area contributed by atoms with Crippen LogP contribution < -0.4 is 10.5 Å². The van der Waals surface area contributed by atoms with E-state index >= 15 is 0 Å². The van der Waals surface area contributed by atoms with Crippen LogP contribution in [0.5, 0.6) is 5.75 Å². The first kappa shape index (κ1) is 12.2. The van der Waals surface area contributed by atoms with Crippen LogP contribution in [0.2, 0.25) is 0 Å². The number of para-hydroxylation sites is 1. The summed E-state index contributed by atoms with van der Waals surface area (Å²) in [6.07, 6.45) is -2.02. The maximum atomic E-state index is 12.3. The fourth-order valence-corrected chi connectivity index (χ4v) is 2.31. The van der Waals surface area contributed by atoms with Crippen LogP contribution in [0.15, 0.2) is 24.3 Å². The molecule has 2 N–H and O–H groups in total. The largest absolute Gasteiger partial charge is 0.573 e. The molecular formula is C12H14F3NO. The van der Waals surface area contributed by atoms with Gasteiger partial charge in [0, 0.05) is 17.5 Å². The monoisotopic (exact) mass is 245 g/mol. The van der Waals surface area contributed by atoms with Crippen LogP contribution in [0.3, 0.4) is 0 Å². The predicted molar refractivity (Wildman–Crippen MR) is 57.7 cm³/mol. The van der Waals surface area contributed by atoms with Gasteiger partial charge >= 0.3 is 6.36 Å². The van der Waals surface area contributed by atoms with Gasteiger partial charge < -0.3 is 10.5 Å². The number of alkyl halides is 3. The highest BCUT2D eigenvalue weighted by Gasteiger charge is 2.41. The lowest BCUT2D eigenvalue weighted by Crippen LogP contribution is -2.42. The Morgan fingerprint density at radius 2 is 1.88 bits per heavy atom. The molecule has 1 aromatic carbocycles. The zero-order valence-corrected chi connectivity index (χ0v) is 9.26. The first-order valence-electron chi connectivity index (χ1n) is 5.52. The second kappa shape index (κ2) is 4.22. The molecule has 1 aromatic rings. The van der Waals surface area contributed by atoms with Gasteiger partial charge in [0.15, 0.2) is 0 Å². The lowest BCUT2D eigenvalue weighted by atomic mass is 9.64. The molecule has 0 aromatic heterocycles. The molecule has 1 saturated carbocycles. The van der Waals surface area contributed by atoms with Crippen molar-refractivity contribution in [3.63, 3.8) is 0 Å². The number of rotatable bonds is 3. The maximum Gasteiger partial charge on any atom is 0.573 e. The molecule has 0 radical (unpaired) electrons. The average molecular weight is 245 g/mol. The van der Waals surface area contributed by atoms with E-state index in [2.05, 4.69) is 4.74 Å². The van der Waals surface area contributed by atoms with Crippen LogP contribution in [0.1, 0.15) is 24.8 Å². The zero-order chi connectivity index (χ0) is 12.5. The Morgan fingerprint density at radius 1 is 1.24 bits per heavy atom. The van der Waals surface area contributed by atoms with Crippen molar-refractivity contribution in [1.29, 1.82) is 0 Å². The summed E-state index contributed by atoms with van der Waals surface area (Å²) < 4.78 is 40.9. The van der Waals surface area contributed by atoms with Gasteiger partial charge in [0.05, 0.1) is 0 Å². The van der Waals surface area contributed by atoms with E-state index in [0.29, 0.717) is 12.1 Å². The molecule has 1 fully saturated rings. The summed E-state index contributed by atoms with van der Waals surface area (Å²) in [5.41, 5.74) is 5.94. The van der Waals surface area contributed by atoms with Crippen molar-refractivity contribution >= 4 is 0 Å². The van der Waals surface area contributed by atoms with Gasteiger partial charge in [0.2, 0.25) is 0 Å². The molecule has 17 heavy (non-hydrogen) atoms. The van der Waals surface area contributed by atoms with Gasteiger partial charge in [-0.1, -0.05) is 24.6 Å². The number of halogens is 3. The molecule has 0 saturated heterocycles. The Kier molecular flexibility index (Phi) is 3.03. The molecule has 0 amide bonds. The van der Waals surface area contributed by atoms with E-state index in [-0.39, 0.29) is 11.2 Å². The van der Waals surface area contributed by atoms with E-state index in [1.54, 1.807) is 12.1 Å². The molecule has 94 valence electrons. The minimum absolute atomic E-state index is 0.120. The smallest absolute Gasteiger partial charge is 0.405 e. The zero-order valence-electron chi connectivity index (χ0n) is 9.26. The first-order valence-corrected chi connectivity index (χ1v) is 5.52. The van der Waals surface area contributed by atoms with Crippen LogP contribution in [-0.4, -0.2) is 12.9 Å². The third-order valence-electron chi connectivity index (χ3n) is 3.39. The SMILES string of the molecule is NCC1(c2ccccc2OC(F)(F)F)CCC1. The van der Waals surface area contributed by atoms with Crippen molar-refractivity contribution in [1.82, 2.24) is 0 Å². The van der Waals surface area contributed by atoms with Gasteiger partial charge in [-0.25, -0.2) is 0 Å². The van der Waals surface area contributed by atoms with Gasteiger partial charge in [0.1, 0.15) is 5.75 Å². The van der Waals surface area contributed by atoms with Crippen LogP contribution in [0, 0.1) is 0 Å². The molecule has 0 aliphatic heterocycles. The van der Waals surface area contributed by atoms with E-state index in [1.807, 2.05) is 0 Å². The molecular weight excluding hydrogens is 231 g/mol. The molecule has 1 aliphatic carbocycles. The van der Waals surface area contributed by atoms with Gasteiger partial charge in [0.25, 0.3) is 0 Å². The lowest BCUT2D eigenvalue weighted by Gasteiger charge is -2.42. The first-order chi connectivity index (χ1) is 7.97. The lowest BCUT2D eigenvalue weighted by molar-refractivity contribution is -0.275. The molecule has 0 atom stereocenters. The third-order valence-corrected chi connectivity index (χ3v) is 3.39. The van der Waals surface area contributed by atoms with E-state index < -0.39 is 6.36 Å². The number of benzene rings is 1. The Morgan fingerprint density at radius 3 is 2.35 bits per heavy atom. The Balaban J connectivity index is 2.34. The Bertz CT molecular complexity index is 393. The molecule has 5 heteroatoms. The standard InChI is InChI=1S/C12H14F3NO/c13-12(14,15)17-10-5-2-1-4-9(10)11(8-16)6-3-7-11/h1-2,4-5H,3,6-8,16H2. The van der Waals surface area contributed by atoms with Crippen molar-refractivity contribution in [2.45, 2.75) is 31.0 Å². The van der Waals surface area contributed by atoms with Gasteiger partial charge in [-0.05, 0) is 18.9 Å². The minimum Gasteiger partial charge on any atom is -0.405 e. The van der Waals surface area contributed by atoms with Crippen LogP contribution in [0.4, 0.5) is 13.2 Å². The van der Waals surface area contributed by atoms with E-state index in [0.717, 1.165) is 19.3 Å². The summed E-state index contributed by atoms with van der Waals surface area (Å²) in [6.45, 7) is 0.352. The maximum absolute atomic E-state index is 12.3. The van der Waals surface area contributed by atoms with Crippen LogP contribution in [-0.2, 0) is 5.41 Å². The van der Waals surface area contributed by atoms with Gasteiger partial charge in [-0.15, -0.1) is 13.2 Å². The molecule has 0 unspecified atom stereocenters. The average Bonchev–Trinajstić information content (AvgIpc) is 2.17. The van der Waals surface area contributed by atoms with Crippen molar-refractivity contribution in [2.24, 2.45) is 5.73 Å². The van der Waals surface area contributed by atoms with E-state index in [4.69, 9.17) is 5.73 Å². The van der Waals surface area contributed by atoms with Crippen LogP contribution >= 0.6 is 0 Å². The minimum atomic E-state index is -4.66. The molecule has 0 spiro atoms. The topological polar surface area (TPSA) is 35.2 Å². The van der Waals surface area contributed by atoms with Gasteiger partial charge in [-0.2, -0.15) is 0 Å². The molecule has 2 rings (SSSR count). The number of hydrogen-bond donors (Lipinski definition) is 1. The fraction of sp³-hybridized carbons (Fsp3) is 0.500. The highest BCUT2D eigenvalue weighted by atomic mass is 19.4. The fourth-order valence-electron chi connectivity index (χ4n) is 2.31.